The summed E-state index contributed by atoms with van der Waals surface area (Å²) < 4.78 is 0. The Bertz CT molecular complexity index is 316. The first-order chi connectivity index (χ1) is 7.92. The van der Waals surface area contributed by atoms with Crippen molar-refractivity contribution in [1.29, 1.82) is 0 Å². The average molecular weight is 218 g/mol. The van der Waals surface area contributed by atoms with E-state index in [1.807, 2.05) is 0 Å². The van der Waals surface area contributed by atoms with Crippen molar-refractivity contribution in [2.24, 2.45) is 5.73 Å². The van der Waals surface area contributed by atoms with E-state index in [-0.39, 0.29) is 0 Å². The fraction of sp³-hybridized carbons (Fsp3) is 0.571. The maximum atomic E-state index is 5.54. The Morgan fingerprint density at radius 1 is 1.12 bits per heavy atom. The second kappa shape index (κ2) is 5.90. The first-order valence-corrected chi connectivity index (χ1v) is 6.44. The van der Waals surface area contributed by atoms with Crippen molar-refractivity contribution in [1.82, 2.24) is 0 Å². The van der Waals surface area contributed by atoms with Crippen LogP contribution < -0.4 is 11.1 Å². The molecule has 2 heteroatoms. The van der Waals surface area contributed by atoms with E-state index in [2.05, 4.69) is 29.6 Å². The van der Waals surface area contributed by atoms with Gasteiger partial charge >= 0.3 is 0 Å². The van der Waals surface area contributed by atoms with Crippen LogP contribution in [-0.2, 0) is 0 Å². The molecule has 1 fully saturated rings. The molecule has 88 valence electrons. The van der Waals surface area contributed by atoms with Crippen molar-refractivity contribution < 1.29 is 0 Å². The first kappa shape index (κ1) is 11.5. The van der Waals surface area contributed by atoms with Gasteiger partial charge in [-0.2, -0.15) is 0 Å². The normalized spacial score (nSPS) is 17.3. The minimum absolute atomic E-state index is 0.693. The predicted octanol–water partition coefficient (Wildman–Crippen LogP) is 3.10. The highest BCUT2D eigenvalue weighted by molar-refractivity contribution is 5.52. The lowest BCUT2D eigenvalue weighted by molar-refractivity contribution is 0.444. The number of benzene rings is 1. The maximum absolute atomic E-state index is 5.54. The summed E-state index contributed by atoms with van der Waals surface area (Å²) in [5, 5.41) is 3.44. The van der Waals surface area contributed by atoms with Gasteiger partial charge in [-0.05, 0) is 30.4 Å². The van der Waals surface area contributed by atoms with E-state index in [4.69, 9.17) is 5.73 Å². The van der Waals surface area contributed by atoms with Crippen molar-refractivity contribution in [2.45, 2.75) is 38.0 Å². The maximum Gasteiger partial charge on any atom is 0.0376 e. The highest BCUT2D eigenvalue weighted by atomic mass is 14.9. The van der Waals surface area contributed by atoms with Gasteiger partial charge in [-0.1, -0.05) is 37.5 Å². The molecular formula is C14H22N2. The third-order valence-corrected chi connectivity index (χ3v) is 3.47. The minimum Gasteiger partial charge on any atom is -0.384 e. The lowest BCUT2D eigenvalue weighted by atomic mass is 9.83. The number of nitrogens with one attached hydrogen (secondary N) is 1. The zero-order valence-corrected chi connectivity index (χ0v) is 9.91. The summed E-state index contributed by atoms with van der Waals surface area (Å²) in [4.78, 5) is 0. The summed E-state index contributed by atoms with van der Waals surface area (Å²) in [6, 6.07) is 8.71. The van der Waals surface area contributed by atoms with Crippen LogP contribution in [0.4, 0.5) is 5.69 Å². The molecule has 1 aliphatic carbocycles. The topological polar surface area (TPSA) is 38.0 Å². The molecule has 0 aromatic heterocycles. The summed E-state index contributed by atoms with van der Waals surface area (Å²) >= 11 is 0. The van der Waals surface area contributed by atoms with E-state index < -0.39 is 0 Å². The van der Waals surface area contributed by atoms with E-state index in [9.17, 15) is 0 Å². The molecule has 0 saturated heterocycles. The Morgan fingerprint density at radius 2 is 1.88 bits per heavy atom. The molecule has 3 N–H and O–H groups in total. The van der Waals surface area contributed by atoms with Gasteiger partial charge in [0.25, 0.3) is 0 Å². The molecular weight excluding hydrogens is 196 g/mol. The Hall–Kier alpha value is -1.02. The number of para-hydroxylation sites is 1. The third kappa shape index (κ3) is 2.76. The molecule has 0 aliphatic heterocycles. The first-order valence-electron chi connectivity index (χ1n) is 6.44. The molecule has 2 nitrogen and oxygen atoms in total. The van der Waals surface area contributed by atoms with Crippen molar-refractivity contribution in [3.05, 3.63) is 29.8 Å². The van der Waals surface area contributed by atoms with E-state index >= 15 is 0 Å². The van der Waals surface area contributed by atoms with Gasteiger partial charge in [0.05, 0.1) is 0 Å². The lowest BCUT2D eigenvalue weighted by Gasteiger charge is -2.24. The van der Waals surface area contributed by atoms with Gasteiger partial charge in [-0.3, -0.25) is 0 Å². The van der Waals surface area contributed by atoms with Crippen LogP contribution in [0.15, 0.2) is 24.3 Å². The molecule has 0 bridgehead atoms. The highest BCUT2D eigenvalue weighted by Crippen LogP contribution is 2.36. The monoisotopic (exact) mass is 218 g/mol. The number of anilines is 1. The Balaban J connectivity index is 2.11. The van der Waals surface area contributed by atoms with Crippen molar-refractivity contribution >= 4 is 5.69 Å². The molecule has 1 aromatic rings. The van der Waals surface area contributed by atoms with Gasteiger partial charge in [0, 0.05) is 18.8 Å². The molecule has 1 aromatic carbocycles. The van der Waals surface area contributed by atoms with Crippen LogP contribution in [0, 0.1) is 0 Å². The SMILES string of the molecule is NCCNc1ccccc1C1CCCCC1. The van der Waals surface area contributed by atoms with Gasteiger partial charge in [0.15, 0.2) is 0 Å². The number of nitrogens with two attached hydrogens (primary N) is 1. The third-order valence-electron chi connectivity index (χ3n) is 3.47. The summed E-state index contributed by atoms with van der Waals surface area (Å²) in [6.07, 6.45) is 6.88. The smallest absolute Gasteiger partial charge is 0.0376 e. The van der Waals surface area contributed by atoms with Gasteiger partial charge in [0.1, 0.15) is 0 Å². The van der Waals surface area contributed by atoms with Crippen LogP contribution in [0.25, 0.3) is 0 Å². The van der Waals surface area contributed by atoms with Gasteiger partial charge in [0.2, 0.25) is 0 Å². The quantitative estimate of drug-likeness (QED) is 0.815. The zero-order valence-electron chi connectivity index (χ0n) is 9.91. The van der Waals surface area contributed by atoms with Gasteiger partial charge in [-0.15, -0.1) is 0 Å². The summed E-state index contributed by atoms with van der Waals surface area (Å²) in [6.45, 7) is 1.56. The van der Waals surface area contributed by atoms with Crippen LogP contribution in [0.2, 0.25) is 0 Å². The van der Waals surface area contributed by atoms with E-state index in [0.717, 1.165) is 12.5 Å². The molecule has 0 radical (unpaired) electrons. The molecule has 2 rings (SSSR count). The molecule has 1 aliphatic rings. The summed E-state index contributed by atoms with van der Waals surface area (Å²) in [7, 11) is 0. The van der Waals surface area contributed by atoms with Crippen LogP contribution in [0.5, 0.6) is 0 Å². The second-order valence-corrected chi connectivity index (χ2v) is 4.64. The summed E-state index contributed by atoms with van der Waals surface area (Å²) in [5.41, 5.74) is 8.33. The largest absolute Gasteiger partial charge is 0.384 e. The molecule has 0 spiro atoms. The van der Waals surface area contributed by atoms with E-state index in [1.54, 1.807) is 0 Å². The van der Waals surface area contributed by atoms with Crippen LogP contribution in [0.3, 0.4) is 0 Å². The molecule has 0 unspecified atom stereocenters. The summed E-state index contributed by atoms with van der Waals surface area (Å²) in [5.74, 6) is 0.759. The van der Waals surface area contributed by atoms with Crippen LogP contribution >= 0.6 is 0 Å². The van der Waals surface area contributed by atoms with Crippen molar-refractivity contribution in [3.63, 3.8) is 0 Å². The second-order valence-electron chi connectivity index (χ2n) is 4.64. The Kier molecular flexibility index (Phi) is 4.23. The van der Waals surface area contributed by atoms with Crippen LogP contribution in [0.1, 0.15) is 43.6 Å². The molecule has 1 saturated carbocycles. The van der Waals surface area contributed by atoms with Gasteiger partial charge < -0.3 is 11.1 Å². The fourth-order valence-electron chi connectivity index (χ4n) is 2.63. The predicted molar refractivity (Wildman–Crippen MR) is 69.8 cm³/mol. The molecule has 0 atom stereocenters. The van der Waals surface area contributed by atoms with E-state index in [0.29, 0.717) is 6.54 Å². The van der Waals surface area contributed by atoms with E-state index in [1.165, 1.54) is 43.4 Å². The standard InChI is InChI=1S/C14H22N2/c15-10-11-16-14-9-5-4-8-13(14)12-6-2-1-3-7-12/h4-5,8-9,12,16H,1-3,6-7,10-11,15H2. The molecule has 16 heavy (non-hydrogen) atoms. The average Bonchev–Trinajstić information content (AvgIpc) is 2.38. The van der Waals surface area contributed by atoms with Crippen molar-refractivity contribution in [3.8, 4) is 0 Å². The van der Waals surface area contributed by atoms with Crippen LogP contribution in [-0.4, -0.2) is 13.1 Å². The molecule has 0 heterocycles. The van der Waals surface area contributed by atoms with Gasteiger partial charge in [-0.25, -0.2) is 0 Å². The lowest BCUT2D eigenvalue weighted by Crippen LogP contribution is -2.15. The number of hydrogen-bond acceptors (Lipinski definition) is 2. The Morgan fingerprint density at radius 3 is 2.62 bits per heavy atom. The fourth-order valence-corrected chi connectivity index (χ4v) is 2.63. The number of rotatable bonds is 4. The number of hydrogen-bond donors (Lipinski definition) is 2. The minimum atomic E-state index is 0.693. The Labute approximate surface area is 98.2 Å². The molecule has 0 amide bonds. The zero-order chi connectivity index (χ0) is 11.2. The van der Waals surface area contributed by atoms with Crippen molar-refractivity contribution in [2.75, 3.05) is 18.4 Å². The highest BCUT2D eigenvalue weighted by Gasteiger charge is 2.17.